The average Bonchev–Trinajstić information content (AvgIpc) is 3.38. The maximum atomic E-state index is 12.3. The summed E-state index contributed by atoms with van der Waals surface area (Å²) in [7, 11) is 0. The molecule has 132 valence electrons. The Labute approximate surface area is 146 Å². The molecular weight excluding hydrogens is 318 g/mol. The average molecular weight is 341 g/mol. The third-order valence-electron chi connectivity index (χ3n) is 4.79. The number of hydrogen-bond donors (Lipinski definition) is 3. The van der Waals surface area contributed by atoms with Crippen LogP contribution < -0.4 is 10.6 Å². The van der Waals surface area contributed by atoms with Gasteiger partial charge in [-0.1, -0.05) is 0 Å². The van der Waals surface area contributed by atoms with E-state index in [4.69, 9.17) is 4.74 Å². The summed E-state index contributed by atoms with van der Waals surface area (Å²) in [6, 6.07) is 5.53. The first-order valence-electron chi connectivity index (χ1n) is 8.92. The first-order chi connectivity index (χ1) is 12.3. The number of ether oxygens (including phenoxy) is 1. The summed E-state index contributed by atoms with van der Waals surface area (Å²) in [5, 5.41) is 13.3. The maximum Gasteiger partial charge on any atom is 0.258 e. The van der Waals surface area contributed by atoms with Crippen LogP contribution in [0.1, 0.15) is 47.7 Å². The second-order valence-corrected chi connectivity index (χ2v) is 6.81. The van der Waals surface area contributed by atoms with Gasteiger partial charge in [0.1, 0.15) is 5.82 Å². The van der Waals surface area contributed by atoms with Crippen molar-refractivity contribution in [2.75, 3.05) is 30.4 Å². The molecule has 0 spiro atoms. The molecule has 0 atom stereocenters. The molecule has 25 heavy (non-hydrogen) atoms. The second-order valence-electron chi connectivity index (χ2n) is 6.81. The summed E-state index contributed by atoms with van der Waals surface area (Å²) in [6.45, 7) is 2.51. The highest BCUT2D eigenvalue weighted by molar-refractivity contribution is 6.03. The quantitative estimate of drug-likeness (QED) is 0.751. The number of nitrogens with zero attached hydrogens (tertiary/aromatic N) is 2. The molecule has 0 aromatic carbocycles. The molecule has 4 rings (SSSR count). The zero-order valence-corrected chi connectivity index (χ0v) is 14.1. The number of pyridine rings is 1. The number of rotatable bonds is 6. The van der Waals surface area contributed by atoms with Crippen LogP contribution in [0.25, 0.3) is 0 Å². The van der Waals surface area contributed by atoms with Crippen LogP contribution in [-0.4, -0.2) is 40.8 Å². The summed E-state index contributed by atoms with van der Waals surface area (Å²) in [6.07, 6.45) is 6.15. The van der Waals surface area contributed by atoms with Gasteiger partial charge in [-0.3, -0.25) is 9.89 Å². The molecule has 1 saturated carbocycles. The van der Waals surface area contributed by atoms with Crippen molar-refractivity contribution < 1.29 is 9.53 Å². The summed E-state index contributed by atoms with van der Waals surface area (Å²) in [5.74, 6) is 2.36. The normalized spacial score (nSPS) is 18.1. The fourth-order valence-electron chi connectivity index (χ4n) is 3.01. The maximum absolute atomic E-state index is 12.3. The molecule has 1 aliphatic carbocycles. The van der Waals surface area contributed by atoms with E-state index in [9.17, 15) is 4.79 Å². The van der Waals surface area contributed by atoms with Crippen LogP contribution in [0.15, 0.2) is 24.4 Å². The van der Waals surface area contributed by atoms with Crippen molar-refractivity contribution in [2.24, 2.45) is 5.92 Å². The van der Waals surface area contributed by atoms with Crippen LogP contribution in [0.4, 0.5) is 11.6 Å². The second kappa shape index (κ2) is 7.23. The first-order valence-corrected chi connectivity index (χ1v) is 8.92. The fourth-order valence-corrected chi connectivity index (χ4v) is 3.01. The minimum absolute atomic E-state index is 0.203. The van der Waals surface area contributed by atoms with Gasteiger partial charge in [0.15, 0.2) is 5.82 Å². The topological polar surface area (TPSA) is 91.9 Å². The molecule has 2 aliphatic rings. The van der Waals surface area contributed by atoms with E-state index in [0.29, 0.717) is 17.3 Å². The minimum Gasteiger partial charge on any atom is -0.381 e. The van der Waals surface area contributed by atoms with E-state index in [0.717, 1.165) is 50.0 Å². The van der Waals surface area contributed by atoms with E-state index >= 15 is 0 Å². The molecule has 0 unspecified atom stereocenters. The van der Waals surface area contributed by atoms with Crippen molar-refractivity contribution in [3.05, 3.63) is 35.7 Å². The molecular formula is C18H23N5O2. The van der Waals surface area contributed by atoms with Gasteiger partial charge >= 0.3 is 0 Å². The van der Waals surface area contributed by atoms with Crippen molar-refractivity contribution >= 4 is 17.5 Å². The van der Waals surface area contributed by atoms with Crippen molar-refractivity contribution in [3.8, 4) is 0 Å². The van der Waals surface area contributed by atoms with Crippen molar-refractivity contribution in [3.63, 3.8) is 0 Å². The Bertz CT molecular complexity index is 717. The van der Waals surface area contributed by atoms with Crippen molar-refractivity contribution in [1.29, 1.82) is 0 Å². The minimum atomic E-state index is -0.203. The fraction of sp³-hybridized carbons (Fsp3) is 0.500. The number of hydrogen-bond acceptors (Lipinski definition) is 5. The molecule has 3 N–H and O–H groups in total. The molecule has 1 saturated heterocycles. The van der Waals surface area contributed by atoms with Gasteiger partial charge in [0.2, 0.25) is 0 Å². The van der Waals surface area contributed by atoms with E-state index < -0.39 is 0 Å². The number of aromatic nitrogens is 3. The molecule has 1 amide bonds. The van der Waals surface area contributed by atoms with Gasteiger partial charge in [-0.25, -0.2) is 4.98 Å². The summed E-state index contributed by atoms with van der Waals surface area (Å²) in [5.41, 5.74) is 1.57. The Morgan fingerprint density at radius 2 is 2.04 bits per heavy atom. The summed E-state index contributed by atoms with van der Waals surface area (Å²) < 4.78 is 5.38. The highest BCUT2D eigenvalue weighted by Gasteiger charge is 2.21. The number of aromatic amines is 1. The molecule has 0 bridgehead atoms. The molecule has 7 heteroatoms. The van der Waals surface area contributed by atoms with Crippen LogP contribution in [0.3, 0.4) is 0 Å². The third-order valence-corrected chi connectivity index (χ3v) is 4.79. The SMILES string of the molecule is O=C(Nc1cc(C2CCOCC2)[nH]n1)c1ccc(NCC2CC2)nc1. The Balaban J connectivity index is 1.33. The number of carbonyl (C=O) groups is 1. The van der Waals surface area contributed by atoms with Gasteiger partial charge in [0.05, 0.1) is 5.56 Å². The Hall–Kier alpha value is -2.41. The lowest BCUT2D eigenvalue weighted by atomic mass is 9.97. The van der Waals surface area contributed by atoms with Gasteiger partial charge in [0.25, 0.3) is 5.91 Å². The van der Waals surface area contributed by atoms with Gasteiger partial charge < -0.3 is 15.4 Å². The Kier molecular flexibility index (Phi) is 4.65. The Morgan fingerprint density at radius 1 is 1.20 bits per heavy atom. The molecule has 3 heterocycles. The van der Waals surface area contributed by atoms with Gasteiger partial charge in [0, 0.05) is 43.6 Å². The smallest absolute Gasteiger partial charge is 0.258 e. The molecule has 7 nitrogen and oxygen atoms in total. The lowest BCUT2D eigenvalue weighted by molar-refractivity contribution is 0.0845. The number of anilines is 2. The van der Waals surface area contributed by atoms with E-state index in [1.165, 1.54) is 12.8 Å². The van der Waals surface area contributed by atoms with Gasteiger partial charge in [-0.2, -0.15) is 5.10 Å². The number of carbonyl (C=O) groups excluding carboxylic acids is 1. The molecule has 2 aromatic rings. The number of amides is 1. The Morgan fingerprint density at radius 3 is 2.76 bits per heavy atom. The first kappa shape index (κ1) is 16.1. The molecule has 0 radical (unpaired) electrons. The zero-order valence-electron chi connectivity index (χ0n) is 14.1. The van der Waals surface area contributed by atoms with Crippen molar-refractivity contribution in [1.82, 2.24) is 15.2 Å². The lowest BCUT2D eigenvalue weighted by Gasteiger charge is -2.20. The van der Waals surface area contributed by atoms with Gasteiger partial charge in [-0.05, 0) is 43.7 Å². The van der Waals surface area contributed by atoms with Crippen LogP contribution in [-0.2, 0) is 4.74 Å². The highest BCUT2D eigenvalue weighted by atomic mass is 16.5. The monoisotopic (exact) mass is 341 g/mol. The van der Waals surface area contributed by atoms with Gasteiger partial charge in [-0.15, -0.1) is 0 Å². The molecule has 2 fully saturated rings. The predicted molar refractivity (Wildman–Crippen MR) is 94.8 cm³/mol. The number of H-pyrrole nitrogens is 1. The predicted octanol–water partition coefficient (Wildman–Crippen LogP) is 2.77. The summed E-state index contributed by atoms with van der Waals surface area (Å²) in [4.78, 5) is 16.6. The molecule has 1 aliphatic heterocycles. The highest BCUT2D eigenvalue weighted by Crippen LogP contribution is 2.29. The van der Waals surface area contributed by atoms with E-state index in [1.54, 1.807) is 12.3 Å². The van der Waals surface area contributed by atoms with E-state index in [2.05, 4.69) is 25.8 Å². The lowest BCUT2D eigenvalue weighted by Crippen LogP contribution is -2.14. The van der Waals surface area contributed by atoms with Crippen LogP contribution in [0.5, 0.6) is 0 Å². The van der Waals surface area contributed by atoms with Crippen molar-refractivity contribution in [2.45, 2.75) is 31.6 Å². The van der Waals surface area contributed by atoms with E-state index in [-0.39, 0.29) is 5.91 Å². The standard InChI is InChI=1S/C18H23N5O2/c24-18(14-3-4-16(20-11-14)19-10-12-1-2-12)21-17-9-15(22-23-17)13-5-7-25-8-6-13/h3-4,9,11-13H,1-2,5-8,10H2,(H,19,20)(H2,21,22,23,24). The van der Waals surface area contributed by atoms with Crippen LogP contribution in [0, 0.1) is 5.92 Å². The largest absolute Gasteiger partial charge is 0.381 e. The summed E-state index contributed by atoms with van der Waals surface area (Å²) >= 11 is 0. The number of nitrogens with one attached hydrogen (secondary N) is 3. The van der Waals surface area contributed by atoms with E-state index in [1.807, 2.05) is 12.1 Å². The molecule has 2 aromatic heterocycles. The van der Waals surface area contributed by atoms with Crippen LogP contribution >= 0.6 is 0 Å². The third kappa shape index (κ3) is 4.17. The van der Waals surface area contributed by atoms with Crippen LogP contribution in [0.2, 0.25) is 0 Å². The zero-order chi connectivity index (χ0) is 17.1.